The van der Waals surface area contributed by atoms with E-state index in [0.717, 1.165) is 5.33 Å². The molecule has 0 bridgehead atoms. The van der Waals surface area contributed by atoms with Crippen LogP contribution in [0.3, 0.4) is 0 Å². The van der Waals surface area contributed by atoms with E-state index in [1.165, 1.54) is 25.7 Å². The fourth-order valence-electron chi connectivity index (χ4n) is 1.36. The van der Waals surface area contributed by atoms with Crippen LogP contribution < -0.4 is 0 Å². The average molecular weight is 320 g/mol. The van der Waals surface area contributed by atoms with Crippen LogP contribution in [0.15, 0.2) is 22.0 Å². The summed E-state index contributed by atoms with van der Waals surface area (Å²) in [4.78, 5) is 0. The lowest BCUT2D eigenvalue weighted by molar-refractivity contribution is 1.33. The van der Waals surface area contributed by atoms with Gasteiger partial charge in [0.1, 0.15) is 0 Å². The van der Waals surface area contributed by atoms with Crippen molar-refractivity contribution < 1.29 is 0 Å². The number of alkyl halides is 1. The van der Waals surface area contributed by atoms with Crippen molar-refractivity contribution >= 4 is 53.3 Å². The lowest BCUT2D eigenvalue weighted by atomic mass is 10.1. The minimum atomic E-state index is 0.922. The molecule has 2 rings (SSSR count). The van der Waals surface area contributed by atoms with Gasteiger partial charge in [-0.2, -0.15) is 0 Å². The van der Waals surface area contributed by atoms with E-state index in [0.29, 0.717) is 0 Å². The second kappa shape index (κ2) is 3.71. The fraction of sp³-hybridized carbons (Fsp3) is 0.200. The summed E-state index contributed by atoms with van der Waals surface area (Å²) in [7, 11) is 0. The van der Waals surface area contributed by atoms with E-state index in [1.54, 1.807) is 11.3 Å². The SMILES string of the molecule is Cc1c(CBr)cc2sccc2c1Br. The van der Waals surface area contributed by atoms with Crippen LogP contribution in [-0.4, -0.2) is 0 Å². The predicted molar refractivity (Wildman–Crippen MR) is 66.9 cm³/mol. The standard InChI is InChI=1S/C10H8Br2S/c1-6-7(5-11)4-9-8(10(6)12)2-3-13-9/h2-4H,5H2,1H3. The largest absolute Gasteiger partial charge is 0.144 e. The lowest BCUT2D eigenvalue weighted by Crippen LogP contribution is -1.85. The highest BCUT2D eigenvalue weighted by Gasteiger charge is 2.07. The molecule has 3 heteroatoms. The lowest BCUT2D eigenvalue weighted by Gasteiger charge is -2.05. The van der Waals surface area contributed by atoms with E-state index in [1.807, 2.05) is 0 Å². The molecule has 0 unspecified atom stereocenters. The summed E-state index contributed by atoms with van der Waals surface area (Å²) in [6, 6.07) is 4.42. The first-order valence-corrected chi connectivity index (χ1v) is 6.74. The van der Waals surface area contributed by atoms with Crippen LogP contribution in [0.2, 0.25) is 0 Å². The van der Waals surface area contributed by atoms with Crippen molar-refractivity contribution in [3.63, 3.8) is 0 Å². The molecule has 0 saturated carbocycles. The first kappa shape index (κ1) is 9.69. The van der Waals surface area contributed by atoms with Gasteiger partial charge in [0.15, 0.2) is 0 Å². The molecular weight excluding hydrogens is 312 g/mol. The Balaban J connectivity index is 2.83. The van der Waals surface area contributed by atoms with E-state index in [-0.39, 0.29) is 0 Å². The van der Waals surface area contributed by atoms with Crippen molar-refractivity contribution in [3.8, 4) is 0 Å². The van der Waals surface area contributed by atoms with Gasteiger partial charge in [0.25, 0.3) is 0 Å². The Labute approximate surface area is 98.2 Å². The van der Waals surface area contributed by atoms with Crippen molar-refractivity contribution in [2.75, 3.05) is 0 Å². The Bertz CT molecular complexity index is 445. The monoisotopic (exact) mass is 318 g/mol. The van der Waals surface area contributed by atoms with Crippen molar-refractivity contribution in [2.45, 2.75) is 12.3 Å². The smallest absolute Gasteiger partial charge is 0.0357 e. The molecule has 0 radical (unpaired) electrons. The van der Waals surface area contributed by atoms with Crippen molar-refractivity contribution in [2.24, 2.45) is 0 Å². The highest BCUT2D eigenvalue weighted by Crippen LogP contribution is 2.33. The molecule has 13 heavy (non-hydrogen) atoms. The zero-order chi connectivity index (χ0) is 9.42. The van der Waals surface area contributed by atoms with Gasteiger partial charge in [0.05, 0.1) is 0 Å². The van der Waals surface area contributed by atoms with Gasteiger partial charge >= 0.3 is 0 Å². The van der Waals surface area contributed by atoms with Crippen LogP contribution >= 0.6 is 43.2 Å². The van der Waals surface area contributed by atoms with Crippen molar-refractivity contribution in [3.05, 3.63) is 33.1 Å². The zero-order valence-electron chi connectivity index (χ0n) is 7.10. The molecule has 0 fully saturated rings. The third kappa shape index (κ3) is 1.58. The Morgan fingerprint density at radius 3 is 2.92 bits per heavy atom. The topological polar surface area (TPSA) is 0 Å². The van der Waals surface area contributed by atoms with E-state index in [2.05, 4.69) is 56.3 Å². The number of thiophene rings is 1. The maximum atomic E-state index is 3.64. The van der Waals surface area contributed by atoms with Gasteiger partial charge in [-0.15, -0.1) is 11.3 Å². The third-order valence-corrected chi connectivity index (χ3v) is 4.68. The predicted octanol–water partition coefficient (Wildman–Crippen LogP) is 4.87. The summed E-state index contributed by atoms with van der Waals surface area (Å²) in [5.74, 6) is 0. The average Bonchev–Trinajstić information content (AvgIpc) is 2.59. The van der Waals surface area contributed by atoms with Crippen LogP contribution in [-0.2, 0) is 5.33 Å². The Morgan fingerprint density at radius 1 is 1.46 bits per heavy atom. The fourth-order valence-corrected chi connectivity index (χ4v) is 3.53. The minimum absolute atomic E-state index is 0.922. The van der Waals surface area contributed by atoms with Gasteiger partial charge < -0.3 is 0 Å². The summed E-state index contributed by atoms with van der Waals surface area (Å²) in [5, 5.41) is 4.38. The summed E-state index contributed by atoms with van der Waals surface area (Å²) >= 11 is 8.93. The summed E-state index contributed by atoms with van der Waals surface area (Å²) in [6.45, 7) is 2.15. The Kier molecular flexibility index (Phi) is 2.77. The molecule has 0 atom stereocenters. The van der Waals surface area contributed by atoms with E-state index in [4.69, 9.17) is 0 Å². The molecule has 2 aromatic rings. The van der Waals surface area contributed by atoms with Gasteiger partial charge in [0.2, 0.25) is 0 Å². The number of halogens is 2. The second-order valence-corrected chi connectivity index (χ2v) is 5.24. The van der Waals surface area contributed by atoms with E-state index in [9.17, 15) is 0 Å². The molecule has 1 aromatic carbocycles. The molecule has 0 spiro atoms. The Morgan fingerprint density at radius 2 is 2.23 bits per heavy atom. The molecule has 0 aliphatic rings. The van der Waals surface area contributed by atoms with Gasteiger partial charge in [-0.3, -0.25) is 0 Å². The molecule has 68 valence electrons. The zero-order valence-corrected chi connectivity index (χ0v) is 11.1. The van der Waals surface area contributed by atoms with Crippen LogP contribution in [0.5, 0.6) is 0 Å². The number of hydrogen-bond donors (Lipinski definition) is 0. The first-order valence-electron chi connectivity index (χ1n) is 3.95. The minimum Gasteiger partial charge on any atom is -0.144 e. The van der Waals surface area contributed by atoms with Crippen LogP contribution in [0.4, 0.5) is 0 Å². The maximum Gasteiger partial charge on any atom is 0.0357 e. The van der Waals surface area contributed by atoms with Gasteiger partial charge in [-0.25, -0.2) is 0 Å². The molecule has 0 nitrogen and oxygen atoms in total. The number of fused-ring (bicyclic) bond motifs is 1. The third-order valence-electron chi connectivity index (χ3n) is 2.19. The van der Waals surface area contributed by atoms with Crippen molar-refractivity contribution in [1.29, 1.82) is 0 Å². The van der Waals surface area contributed by atoms with Gasteiger partial charge in [-0.1, -0.05) is 15.9 Å². The van der Waals surface area contributed by atoms with Gasteiger partial charge in [0, 0.05) is 19.9 Å². The second-order valence-electron chi connectivity index (χ2n) is 2.94. The molecule has 1 heterocycles. The summed E-state index contributed by atoms with van der Waals surface area (Å²) < 4.78 is 2.59. The first-order chi connectivity index (χ1) is 6.24. The van der Waals surface area contributed by atoms with Gasteiger partial charge in [-0.05, 0) is 51.5 Å². The van der Waals surface area contributed by atoms with Crippen LogP contribution in [0.25, 0.3) is 10.1 Å². The molecule has 0 aliphatic carbocycles. The molecular formula is C10H8Br2S. The molecule has 0 N–H and O–H groups in total. The van der Waals surface area contributed by atoms with E-state index < -0.39 is 0 Å². The van der Waals surface area contributed by atoms with Crippen LogP contribution in [0.1, 0.15) is 11.1 Å². The molecule has 0 saturated heterocycles. The normalized spacial score (nSPS) is 11.0. The van der Waals surface area contributed by atoms with Crippen LogP contribution in [0, 0.1) is 6.92 Å². The summed E-state index contributed by atoms with van der Waals surface area (Å²) in [6.07, 6.45) is 0. The highest BCUT2D eigenvalue weighted by atomic mass is 79.9. The Hall–Kier alpha value is 0.140. The van der Waals surface area contributed by atoms with E-state index >= 15 is 0 Å². The molecule has 1 aromatic heterocycles. The molecule has 0 amide bonds. The van der Waals surface area contributed by atoms with Crippen molar-refractivity contribution in [1.82, 2.24) is 0 Å². The number of rotatable bonds is 1. The highest BCUT2D eigenvalue weighted by molar-refractivity contribution is 9.10. The quantitative estimate of drug-likeness (QED) is 0.658. The number of benzene rings is 1. The maximum absolute atomic E-state index is 3.64. The molecule has 0 aliphatic heterocycles. The number of hydrogen-bond acceptors (Lipinski definition) is 1. The summed E-state index contributed by atoms with van der Waals surface area (Å²) in [5.41, 5.74) is 2.70.